The summed E-state index contributed by atoms with van der Waals surface area (Å²) in [5.74, 6) is 0.755. The van der Waals surface area contributed by atoms with Gasteiger partial charge in [0.1, 0.15) is 0 Å². The van der Waals surface area contributed by atoms with Crippen LogP contribution < -0.4 is 19.5 Å². The van der Waals surface area contributed by atoms with Gasteiger partial charge in [-0.15, -0.1) is 0 Å². The Balaban J connectivity index is 1.82. The van der Waals surface area contributed by atoms with Crippen LogP contribution in [-0.2, 0) is 6.54 Å². The van der Waals surface area contributed by atoms with E-state index in [-0.39, 0.29) is 5.56 Å². The first kappa shape index (κ1) is 17.8. The molecule has 1 aromatic heterocycles. The van der Waals surface area contributed by atoms with E-state index in [0.717, 1.165) is 15.8 Å². The first-order chi connectivity index (χ1) is 12.5. The number of hydrogen-bond acceptors (Lipinski definition) is 7. The third kappa shape index (κ3) is 3.50. The molecule has 0 aliphatic carbocycles. The number of nitrogens with one attached hydrogen (secondary N) is 1. The molecule has 0 amide bonds. The highest BCUT2D eigenvalue weighted by atomic mass is 32.1. The Morgan fingerprint density at radius 2 is 1.81 bits per heavy atom. The summed E-state index contributed by atoms with van der Waals surface area (Å²) in [4.78, 5) is 15.5. The molecule has 0 radical (unpaired) electrons. The highest BCUT2D eigenvalue weighted by molar-refractivity contribution is 7.22. The minimum atomic E-state index is -0.952. The van der Waals surface area contributed by atoms with Crippen molar-refractivity contribution in [2.75, 3.05) is 26.6 Å². The SMILES string of the molecule is COc1cc(CNc2nc3ccc(C(=O)O)cc3s2)cc(OC)c1OC. The van der Waals surface area contributed by atoms with E-state index in [9.17, 15) is 4.79 Å². The second kappa shape index (κ2) is 7.49. The van der Waals surface area contributed by atoms with Crippen molar-refractivity contribution in [2.24, 2.45) is 0 Å². The van der Waals surface area contributed by atoms with Crippen LogP contribution >= 0.6 is 11.3 Å². The Morgan fingerprint density at radius 1 is 1.12 bits per heavy atom. The smallest absolute Gasteiger partial charge is 0.335 e. The molecule has 0 saturated heterocycles. The minimum absolute atomic E-state index is 0.248. The number of carboxylic acid groups (broad SMARTS) is 1. The van der Waals surface area contributed by atoms with Gasteiger partial charge < -0.3 is 24.6 Å². The van der Waals surface area contributed by atoms with Gasteiger partial charge in [0.05, 0.1) is 37.1 Å². The van der Waals surface area contributed by atoms with Gasteiger partial charge in [0, 0.05) is 6.54 Å². The van der Waals surface area contributed by atoms with Crippen molar-refractivity contribution in [1.29, 1.82) is 0 Å². The second-order valence-corrected chi connectivity index (χ2v) is 6.42. The van der Waals surface area contributed by atoms with Gasteiger partial charge in [-0.25, -0.2) is 9.78 Å². The molecular weight excluding hydrogens is 356 g/mol. The molecule has 0 unspecified atom stereocenters. The van der Waals surface area contributed by atoms with E-state index in [1.165, 1.54) is 11.3 Å². The number of thiazole rings is 1. The van der Waals surface area contributed by atoms with E-state index in [1.54, 1.807) is 39.5 Å². The van der Waals surface area contributed by atoms with Crippen LogP contribution in [0.1, 0.15) is 15.9 Å². The fourth-order valence-electron chi connectivity index (χ4n) is 2.55. The van der Waals surface area contributed by atoms with Gasteiger partial charge in [-0.3, -0.25) is 0 Å². The van der Waals surface area contributed by atoms with E-state index in [2.05, 4.69) is 10.3 Å². The number of anilines is 1. The topological polar surface area (TPSA) is 89.9 Å². The lowest BCUT2D eigenvalue weighted by atomic mass is 10.2. The predicted molar refractivity (Wildman–Crippen MR) is 100 cm³/mol. The van der Waals surface area contributed by atoms with Gasteiger partial charge in [0.2, 0.25) is 5.75 Å². The number of benzene rings is 2. The average Bonchev–Trinajstić information content (AvgIpc) is 3.07. The molecule has 0 aliphatic rings. The van der Waals surface area contributed by atoms with Crippen molar-refractivity contribution >= 4 is 32.7 Å². The van der Waals surface area contributed by atoms with E-state index >= 15 is 0 Å². The van der Waals surface area contributed by atoms with Crippen LogP contribution in [0.5, 0.6) is 17.2 Å². The van der Waals surface area contributed by atoms with Crippen LogP contribution in [-0.4, -0.2) is 37.4 Å². The molecule has 3 aromatic rings. The van der Waals surface area contributed by atoms with Crippen LogP contribution in [0.3, 0.4) is 0 Å². The van der Waals surface area contributed by atoms with E-state index in [0.29, 0.717) is 28.9 Å². The molecule has 8 heteroatoms. The molecule has 0 saturated carbocycles. The molecule has 0 aliphatic heterocycles. The molecule has 3 rings (SSSR count). The zero-order chi connectivity index (χ0) is 18.7. The van der Waals surface area contributed by atoms with Gasteiger partial charge in [-0.05, 0) is 35.9 Å². The molecule has 0 atom stereocenters. The van der Waals surface area contributed by atoms with Gasteiger partial charge in [0.15, 0.2) is 16.6 Å². The monoisotopic (exact) mass is 374 g/mol. The summed E-state index contributed by atoms with van der Waals surface area (Å²) >= 11 is 1.40. The van der Waals surface area contributed by atoms with Crippen molar-refractivity contribution in [2.45, 2.75) is 6.54 Å². The summed E-state index contributed by atoms with van der Waals surface area (Å²) in [6, 6.07) is 8.61. The highest BCUT2D eigenvalue weighted by Crippen LogP contribution is 2.38. The number of rotatable bonds is 7. The summed E-state index contributed by atoms with van der Waals surface area (Å²) in [6.45, 7) is 0.502. The Bertz CT molecular complexity index is 929. The molecule has 0 fully saturated rings. The molecule has 0 bridgehead atoms. The first-order valence-electron chi connectivity index (χ1n) is 7.72. The number of aromatic carboxylic acids is 1. The third-order valence-electron chi connectivity index (χ3n) is 3.80. The van der Waals surface area contributed by atoms with Crippen LogP contribution in [0.2, 0.25) is 0 Å². The van der Waals surface area contributed by atoms with Crippen molar-refractivity contribution in [3.05, 3.63) is 41.5 Å². The van der Waals surface area contributed by atoms with Crippen LogP contribution in [0, 0.1) is 0 Å². The Labute approximate surface area is 154 Å². The fraction of sp³-hybridized carbons (Fsp3) is 0.222. The first-order valence-corrected chi connectivity index (χ1v) is 8.54. The van der Waals surface area contributed by atoms with Crippen LogP contribution in [0.15, 0.2) is 30.3 Å². The number of aromatic nitrogens is 1. The third-order valence-corrected chi connectivity index (χ3v) is 4.78. The Hall–Kier alpha value is -3.00. The highest BCUT2D eigenvalue weighted by Gasteiger charge is 2.14. The lowest BCUT2D eigenvalue weighted by molar-refractivity contribution is 0.0697. The van der Waals surface area contributed by atoms with Crippen molar-refractivity contribution < 1.29 is 24.1 Å². The zero-order valence-electron chi connectivity index (χ0n) is 14.5. The number of fused-ring (bicyclic) bond motifs is 1. The molecule has 136 valence electrons. The summed E-state index contributed by atoms with van der Waals surface area (Å²) in [7, 11) is 4.70. The molecule has 26 heavy (non-hydrogen) atoms. The molecule has 7 nitrogen and oxygen atoms in total. The fourth-order valence-corrected chi connectivity index (χ4v) is 3.45. The number of hydrogen-bond donors (Lipinski definition) is 2. The quantitative estimate of drug-likeness (QED) is 0.652. The van der Waals surface area contributed by atoms with E-state index in [1.807, 2.05) is 12.1 Å². The van der Waals surface area contributed by atoms with Crippen molar-refractivity contribution in [3.8, 4) is 17.2 Å². The molecule has 2 N–H and O–H groups in total. The molecule has 1 heterocycles. The summed E-state index contributed by atoms with van der Waals surface area (Å²) in [6.07, 6.45) is 0. The van der Waals surface area contributed by atoms with E-state index in [4.69, 9.17) is 19.3 Å². The van der Waals surface area contributed by atoms with Crippen molar-refractivity contribution in [3.63, 3.8) is 0 Å². The van der Waals surface area contributed by atoms with Crippen LogP contribution in [0.4, 0.5) is 5.13 Å². The summed E-state index contributed by atoms with van der Waals surface area (Å²) in [5.41, 5.74) is 1.94. The van der Waals surface area contributed by atoms with Gasteiger partial charge in [0.25, 0.3) is 0 Å². The van der Waals surface area contributed by atoms with Gasteiger partial charge in [-0.2, -0.15) is 0 Å². The molecular formula is C18H18N2O5S. The van der Waals surface area contributed by atoms with Gasteiger partial charge in [-0.1, -0.05) is 11.3 Å². The predicted octanol–water partition coefficient (Wildman–Crippen LogP) is 3.63. The number of methoxy groups -OCH3 is 3. The van der Waals surface area contributed by atoms with E-state index < -0.39 is 5.97 Å². The summed E-state index contributed by atoms with van der Waals surface area (Å²) < 4.78 is 16.8. The maximum atomic E-state index is 11.1. The average molecular weight is 374 g/mol. The second-order valence-electron chi connectivity index (χ2n) is 5.39. The van der Waals surface area contributed by atoms with Crippen molar-refractivity contribution in [1.82, 2.24) is 4.98 Å². The maximum absolute atomic E-state index is 11.1. The zero-order valence-corrected chi connectivity index (χ0v) is 15.3. The number of ether oxygens (including phenoxy) is 3. The lowest BCUT2D eigenvalue weighted by Gasteiger charge is -2.14. The molecule has 2 aromatic carbocycles. The molecule has 0 spiro atoms. The summed E-state index contributed by atoms with van der Waals surface area (Å²) in [5, 5.41) is 13.0. The lowest BCUT2D eigenvalue weighted by Crippen LogP contribution is -2.02. The number of nitrogens with zero attached hydrogens (tertiary/aromatic N) is 1. The number of carbonyl (C=O) groups is 1. The standard InChI is InChI=1S/C18H18N2O5S/c1-23-13-6-10(7-14(24-2)16(13)25-3)9-19-18-20-12-5-4-11(17(21)22)8-15(12)26-18/h4-8H,9H2,1-3H3,(H,19,20)(H,21,22). The Kier molecular flexibility index (Phi) is 5.13. The number of carboxylic acids is 1. The Morgan fingerprint density at radius 3 is 2.38 bits per heavy atom. The van der Waals surface area contributed by atoms with Gasteiger partial charge >= 0.3 is 5.97 Å². The normalized spacial score (nSPS) is 10.6. The largest absolute Gasteiger partial charge is 0.493 e. The van der Waals surface area contributed by atoms with Crippen LogP contribution in [0.25, 0.3) is 10.2 Å². The minimum Gasteiger partial charge on any atom is -0.493 e. The maximum Gasteiger partial charge on any atom is 0.335 e.